The minimum absolute atomic E-state index is 0.00990. The van der Waals surface area contributed by atoms with Crippen molar-refractivity contribution < 1.29 is 10.2 Å². The van der Waals surface area contributed by atoms with E-state index in [1.54, 1.807) is 24.3 Å². The first-order valence-corrected chi connectivity index (χ1v) is 5.15. The molecule has 81 valence electrons. The van der Waals surface area contributed by atoms with Crippen LogP contribution in [0.2, 0.25) is 0 Å². The third-order valence-electron chi connectivity index (χ3n) is 2.64. The fourth-order valence-corrected chi connectivity index (χ4v) is 1.69. The van der Waals surface area contributed by atoms with Crippen molar-refractivity contribution in [2.24, 2.45) is 0 Å². The minimum Gasteiger partial charge on any atom is -0.508 e. The lowest BCUT2D eigenvalue weighted by Crippen LogP contribution is -1.82. The first-order chi connectivity index (χ1) is 7.58. The van der Waals surface area contributed by atoms with Crippen LogP contribution in [0.15, 0.2) is 36.4 Å². The average Bonchev–Trinajstić information content (AvgIpc) is 2.26. The summed E-state index contributed by atoms with van der Waals surface area (Å²) < 4.78 is 0. The van der Waals surface area contributed by atoms with Crippen LogP contribution in [0.1, 0.15) is 11.1 Å². The smallest absolute Gasteiger partial charge is 0.186 e. The predicted octanol–water partition coefficient (Wildman–Crippen LogP) is 3.82. The Bertz CT molecular complexity index is 530. The van der Waals surface area contributed by atoms with E-state index in [9.17, 15) is 10.2 Å². The van der Waals surface area contributed by atoms with Gasteiger partial charge in [-0.1, -0.05) is 17.7 Å². The summed E-state index contributed by atoms with van der Waals surface area (Å²) in [6, 6.07) is 10.5. The summed E-state index contributed by atoms with van der Waals surface area (Å²) in [6.45, 7) is 3.77. The monoisotopic (exact) mass is 213 g/mol. The molecular weight excluding hydrogens is 200 g/mol. The SMILES string of the molecule is Cc1ccc([O])c(-c2ccc(O)c(C)c2)c1. The Morgan fingerprint density at radius 1 is 1.00 bits per heavy atom. The van der Waals surface area contributed by atoms with Gasteiger partial charge >= 0.3 is 0 Å². The van der Waals surface area contributed by atoms with Gasteiger partial charge in [-0.05, 0) is 49.2 Å². The van der Waals surface area contributed by atoms with E-state index in [2.05, 4.69) is 0 Å². The minimum atomic E-state index is 0.00990. The van der Waals surface area contributed by atoms with E-state index >= 15 is 0 Å². The van der Waals surface area contributed by atoms with E-state index < -0.39 is 0 Å². The average molecular weight is 213 g/mol. The Morgan fingerprint density at radius 2 is 1.75 bits per heavy atom. The normalized spacial score (nSPS) is 10.4. The lowest BCUT2D eigenvalue weighted by molar-refractivity contribution is 0.356. The molecule has 2 heteroatoms. The molecular formula is C14H13O2. The molecule has 0 bridgehead atoms. The fourth-order valence-electron chi connectivity index (χ4n) is 1.69. The number of aromatic hydroxyl groups is 1. The van der Waals surface area contributed by atoms with Crippen molar-refractivity contribution in [2.75, 3.05) is 0 Å². The van der Waals surface area contributed by atoms with Gasteiger partial charge in [-0.25, -0.2) is 0 Å². The lowest BCUT2D eigenvalue weighted by atomic mass is 10.0. The van der Waals surface area contributed by atoms with Gasteiger partial charge in [0.05, 0.1) is 0 Å². The van der Waals surface area contributed by atoms with E-state index in [-0.39, 0.29) is 11.5 Å². The third kappa shape index (κ3) is 1.87. The Kier molecular flexibility index (Phi) is 2.57. The number of aryl methyl sites for hydroxylation is 2. The van der Waals surface area contributed by atoms with Gasteiger partial charge in [0.15, 0.2) is 5.75 Å². The maximum Gasteiger partial charge on any atom is 0.186 e. The zero-order chi connectivity index (χ0) is 11.7. The van der Waals surface area contributed by atoms with Crippen LogP contribution in [-0.2, 0) is 5.11 Å². The molecule has 0 unspecified atom stereocenters. The summed E-state index contributed by atoms with van der Waals surface area (Å²) in [4.78, 5) is 0. The number of rotatable bonds is 1. The van der Waals surface area contributed by atoms with Gasteiger partial charge in [0.1, 0.15) is 5.75 Å². The number of hydrogen-bond donors (Lipinski definition) is 1. The van der Waals surface area contributed by atoms with Crippen LogP contribution in [0, 0.1) is 13.8 Å². The van der Waals surface area contributed by atoms with E-state index in [0.717, 1.165) is 16.7 Å². The van der Waals surface area contributed by atoms with Crippen LogP contribution in [0.4, 0.5) is 0 Å². The van der Waals surface area contributed by atoms with E-state index in [1.165, 1.54) is 0 Å². The Balaban J connectivity index is 2.58. The van der Waals surface area contributed by atoms with Gasteiger partial charge < -0.3 is 5.11 Å². The molecule has 1 radical (unpaired) electrons. The molecule has 2 aromatic rings. The molecule has 0 spiro atoms. The fraction of sp³-hybridized carbons (Fsp3) is 0.143. The summed E-state index contributed by atoms with van der Waals surface area (Å²) >= 11 is 0. The molecule has 2 rings (SSSR count). The van der Waals surface area contributed by atoms with Gasteiger partial charge in [-0.2, -0.15) is 0 Å². The molecule has 16 heavy (non-hydrogen) atoms. The molecule has 0 aromatic heterocycles. The van der Waals surface area contributed by atoms with Crippen molar-refractivity contribution in [1.29, 1.82) is 0 Å². The molecule has 0 heterocycles. The van der Waals surface area contributed by atoms with Gasteiger partial charge in [0, 0.05) is 5.56 Å². The molecule has 2 aromatic carbocycles. The second-order valence-electron chi connectivity index (χ2n) is 4.00. The van der Waals surface area contributed by atoms with Crippen LogP contribution in [0.3, 0.4) is 0 Å². The van der Waals surface area contributed by atoms with Gasteiger partial charge in [0.25, 0.3) is 0 Å². The highest BCUT2D eigenvalue weighted by Gasteiger charge is 2.07. The molecule has 0 saturated heterocycles. The summed E-state index contributed by atoms with van der Waals surface area (Å²) in [6.07, 6.45) is 0. The van der Waals surface area contributed by atoms with Crippen molar-refractivity contribution in [3.63, 3.8) is 0 Å². The highest BCUT2D eigenvalue weighted by Crippen LogP contribution is 2.32. The largest absolute Gasteiger partial charge is 0.508 e. The zero-order valence-corrected chi connectivity index (χ0v) is 9.32. The summed E-state index contributed by atoms with van der Waals surface area (Å²) in [5, 5.41) is 21.1. The maximum atomic E-state index is 11.7. The van der Waals surface area contributed by atoms with Crippen LogP contribution < -0.4 is 0 Å². The number of phenols is 1. The van der Waals surface area contributed by atoms with E-state index in [4.69, 9.17) is 0 Å². The molecule has 0 aliphatic carbocycles. The van der Waals surface area contributed by atoms with Crippen molar-refractivity contribution in [3.05, 3.63) is 47.5 Å². The van der Waals surface area contributed by atoms with Crippen LogP contribution in [-0.4, -0.2) is 5.11 Å². The first kappa shape index (κ1) is 10.6. The number of hydrogen-bond acceptors (Lipinski definition) is 1. The van der Waals surface area contributed by atoms with Crippen LogP contribution in [0.5, 0.6) is 11.5 Å². The molecule has 0 fully saturated rings. The molecule has 1 N–H and O–H groups in total. The topological polar surface area (TPSA) is 40.1 Å². The standard InChI is InChI=1S/C14H13O2/c1-9-3-5-14(16)12(7-9)11-4-6-13(15)10(2)8-11/h3-8,15H,1-2H3. The highest BCUT2D eigenvalue weighted by molar-refractivity contribution is 5.72. The van der Waals surface area contributed by atoms with E-state index in [0.29, 0.717) is 5.56 Å². The second-order valence-corrected chi connectivity index (χ2v) is 4.00. The molecule has 0 amide bonds. The second kappa shape index (κ2) is 3.89. The number of benzene rings is 2. The van der Waals surface area contributed by atoms with Crippen LogP contribution >= 0.6 is 0 Å². The molecule has 0 atom stereocenters. The Hall–Kier alpha value is -1.96. The first-order valence-electron chi connectivity index (χ1n) is 5.15. The molecule has 0 aliphatic heterocycles. The molecule has 2 nitrogen and oxygen atoms in total. The molecule has 0 aliphatic rings. The molecule has 0 saturated carbocycles. The summed E-state index contributed by atoms with van der Waals surface area (Å²) in [5.74, 6) is 0.263. The zero-order valence-electron chi connectivity index (χ0n) is 9.32. The Labute approximate surface area is 94.8 Å². The lowest BCUT2D eigenvalue weighted by Gasteiger charge is -2.06. The van der Waals surface area contributed by atoms with Gasteiger partial charge in [0.2, 0.25) is 0 Å². The number of phenolic OH excluding ortho intramolecular Hbond substituents is 1. The summed E-state index contributed by atoms with van der Waals surface area (Å²) in [7, 11) is 0. The Morgan fingerprint density at radius 3 is 2.44 bits per heavy atom. The maximum absolute atomic E-state index is 11.7. The van der Waals surface area contributed by atoms with Crippen LogP contribution in [0.25, 0.3) is 11.1 Å². The van der Waals surface area contributed by atoms with Gasteiger partial charge in [-0.15, -0.1) is 0 Å². The van der Waals surface area contributed by atoms with E-state index in [1.807, 2.05) is 26.0 Å². The quantitative estimate of drug-likeness (QED) is 0.768. The summed E-state index contributed by atoms with van der Waals surface area (Å²) in [5.41, 5.74) is 3.37. The predicted molar refractivity (Wildman–Crippen MR) is 63.1 cm³/mol. The highest BCUT2D eigenvalue weighted by atomic mass is 16.3. The van der Waals surface area contributed by atoms with Crippen molar-refractivity contribution in [3.8, 4) is 22.6 Å². The van der Waals surface area contributed by atoms with Crippen molar-refractivity contribution in [1.82, 2.24) is 0 Å². The third-order valence-corrected chi connectivity index (χ3v) is 2.64. The van der Waals surface area contributed by atoms with Gasteiger partial charge in [-0.3, -0.25) is 5.11 Å². The van der Waals surface area contributed by atoms with Crippen molar-refractivity contribution >= 4 is 0 Å². The van der Waals surface area contributed by atoms with Crippen molar-refractivity contribution in [2.45, 2.75) is 13.8 Å².